The van der Waals surface area contributed by atoms with E-state index in [1.807, 2.05) is 0 Å². The van der Waals surface area contributed by atoms with Gasteiger partial charge in [0.1, 0.15) is 11.9 Å². The second kappa shape index (κ2) is 3.61. The molecule has 0 spiro atoms. The Labute approximate surface area is 35.7 Å². The average molecular weight is 90.5 g/mol. The highest BCUT2D eigenvalue weighted by molar-refractivity contribution is 6.07. The predicted molar refractivity (Wildman–Crippen MR) is 20.6 cm³/mol. The molecule has 0 aliphatic carbocycles. The molecule has 1 nitrogen and oxygen atoms in total. The minimum absolute atomic E-state index is 1.15. The second-order valence-corrected chi connectivity index (χ2v) is 0.589. The summed E-state index contributed by atoms with van der Waals surface area (Å²) < 4.78 is 3.86. The lowest BCUT2D eigenvalue weighted by atomic mass is 11.0. The van der Waals surface area contributed by atoms with Gasteiger partial charge in [-0.2, -0.15) is 0 Å². The molecule has 28 valence electrons. The van der Waals surface area contributed by atoms with Crippen LogP contribution in [0.5, 0.6) is 0 Å². The van der Waals surface area contributed by atoms with E-state index in [1.165, 1.54) is 0 Å². The van der Waals surface area contributed by atoms with E-state index in [9.17, 15) is 0 Å². The number of hydrogen-bond donors (Lipinski definition) is 0. The predicted octanol–water partition coefficient (Wildman–Crippen LogP) is 1.46. The Bertz CT molecular complexity index is 53.9. The van der Waals surface area contributed by atoms with Crippen LogP contribution in [-0.4, -0.2) is 0 Å². The van der Waals surface area contributed by atoms with E-state index in [0.29, 0.717) is 0 Å². The first-order chi connectivity index (χ1) is 2.41. The smallest absolute Gasteiger partial charge is 0.152 e. The van der Waals surface area contributed by atoms with Crippen molar-refractivity contribution in [1.82, 2.24) is 0 Å². The summed E-state index contributed by atoms with van der Waals surface area (Å²) >= 11 is 4.64. The summed E-state index contributed by atoms with van der Waals surface area (Å²) in [6.45, 7) is 3.16. The molecule has 0 aromatic heterocycles. The summed E-state index contributed by atoms with van der Waals surface area (Å²) in [5.74, 6) is 0. The van der Waals surface area contributed by atoms with Crippen LogP contribution in [0.1, 0.15) is 0 Å². The van der Waals surface area contributed by atoms with Gasteiger partial charge in [-0.25, -0.2) is 0 Å². The van der Waals surface area contributed by atoms with Crippen LogP contribution in [0.15, 0.2) is 18.6 Å². The molecule has 0 heterocycles. The third kappa shape index (κ3) is 3.61. The molecule has 0 aliphatic heterocycles. The van der Waals surface area contributed by atoms with E-state index in [4.69, 9.17) is 0 Å². The van der Waals surface area contributed by atoms with Crippen LogP contribution >= 0.6 is 11.9 Å². The zero-order valence-corrected chi connectivity index (χ0v) is 3.33. The Morgan fingerprint density at radius 1 is 2.00 bits per heavy atom. The van der Waals surface area contributed by atoms with Crippen LogP contribution in [0.2, 0.25) is 0 Å². The van der Waals surface area contributed by atoms with E-state index >= 15 is 0 Å². The third-order valence-electron chi connectivity index (χ3n) is 0.128. The molecule has 0 bridgehead atoms. The van der Waals surface area contributed by atoms with Gasteiger partial charge in [0.2, 0.25) is 0 Å². The fourth-order valence-corrected chi connectivity index (χ4v) is 0.0945. The molecular formula is C3H3ClO. The minimum Gasteiger partial charge on any atom is -0.385 e. The van der Waals surface area contributed by atoms with Gasteiger partial charge in [0.25, 0.3) is 0 Å². The molecular weight excluding hydrogens is 87.5 g/mol. The van der Waals surface area contributed by atoms with E-state index in [2.05, 4.69) is 28.5 Å². The van der Waals surface area contributed by atoms with Gasteiger partial charge < -0.3 is 4.29 Å². The van der Waals surface area contributed by atoms with Crippen molar-refractivity contribution in [3.05, 3.63) is 18.6 Å². The molecule has 0 saturated heterocycles. The molecule has 0 atom stereocenters. The first-order valence-electron chi connectivity index (χ1n) is 1.03. The highest BCUT2D eigenvalue weighted by atomic mass is 35.5. The summed E-state index contributed by atoms with van der Waals surface area (Å²) in [6, 6.07) is 0. The third-order valence-corrected chi connectivity index (χ3v) is 0.217. The molecule has 0 radical (unpaired) electrons. The van der Waals surface area contributed by atoms with Gasteiger partial charge in [0.05, 0.1) is 0 Å². The molecule has 0 rings (SSSR count). The molecule has 0 aliphatic rings. The summed E-state index contributed by atoms with van der Waals surface area (Å²) in [7, 11) is 0. The van der Waals surface area contributed by atoms with Crippen LogP contribution in [-0.2, 0) is 4.29 Å². The zero-order valence-electron chi connectivity index (χ0n) is 2.57. The standard InChI is InChI=1S/C3H3ClO/c1-2-3-5-4/h3H,1H2. The van der Waals surface area contributed by atoms with Crippen molar-refractivity contribution < 1.29 is 4.29 Å². The van der Waals surface area contributed by atoms with Crippen molar-refractivity contribution in [2.45, 2.75) is 0 Å². The van der Waals surface area contributed by atoms with E-state index in [0.717, 1.165) is 6.26 Å². The highest BCUT2D eigenvalue weighted by Crippen LogP contribution is 1.74. The van der Waals surface area contributed by atoms with Crippen molar-refractivity contribution in [1.29, 1.82) is 0 Å². The topological polar surface area (TPSA) is 9.23 Å². The van der Waals surface area contributed by atoms with E-state index in [-0.39, 0.29) is 0 Å². The molecule has 2 heteroatoms. The Kier molecular flexibility index (Phi) is 3.33. The van der Waals surface area contributed by atoms with Crippen LogP contribution in [0.3, 0.4) is 0 Å². The molecule has 0 amide bonds. The van der Waals surface area contributed by atoms with Crippen molar-refractivity contribution in [2.75, 3.05) is 0 Å². The molecule has 0 aromatic carbocycles. The first-order valence-corrected chi connectivity index (χ1v) is 1.34. The van der Waals surface area contributed by atoms with Gasteiger partial charge in [-0.15, -0.1) is 0 Å². The lowest BCUT2D eigenvalue weighted by Crippen LogP contribution is -1.41. The summed E-state index contributed by atoms with van der Waals surface area (Å²) in [5.41, 5.74) is 2.29. The fourth-order valence-electron chi connectivity index (χ4n) is 0.0315. The maximum absolute atomic E-state index is 4.64. The van der Waals surface area contributed by atoms with Crippen molar-refractivity contribution in [3.63, 3.8) is 0 Å². The van der Waals surface area contributed by atoms with Crippen molar-refractivity contribution in [2.24, 2.45) is 0 Å². The van der Waals surface area contributed by atoms with E-state index < -0.39 is 0 Å². The van der Waals surface area contributed by atoms with Gasteiger partial charge >= 0.3 is 0 Å². The summed E-state index contributed by atoms with van der Waals surface area (Å²) in [4.78, 5) is 0. The van der Waals surface area contributed by atoms with Gasteiger partial charge in [-0.05, 0) is 0 Å². The number of rotatable bonds is 1. The SMILES string of the molecule is C=C=COCl. The van der Waals surface area contributed by atoms with Crippen LogP contribution in [0.4, 0.5) is 0 Å². The Balaban J connectivity index is 2.93. The minimum atomic E-state index is 1.15. The van der Waals surface area contributed by atoms with Gasteiger partial charge in [-0.1, -0.05) is 12.3 Å². The number of halogens is 1. The Morgan fingerprint density at radius 3 is 2.60 bits per heavy atom. The van der Waals surface area contributed by atoms with Crippen molar-refractivity contribution >= 4 is 11.9 Å². The summed E-state index contributed by atoms with van der Waals surface area (Å²) in [5, 5.41) is 0. The van der Waals surface area contributed by atoms with Gasteiger partial charge in [-0.3, -0.25) is 0 Å². The van der Waals surface area contributed by atoms with Gasteiger partial charge in [0, 0.05) is 0 Å². The maximum atomic E-state index is 4.64. The molecule has 0 aromatic rings. The molecule has 0 N–H and O–H groups in total. The normalized spacial score (nSPS) is 5.00. The lowest BCUT2D eigenvalue weighted by Gasteiger charge is -1.65. The largest absolute Gasteiger partial charge is 0.385 e. The molecule has 0 fully saturated rings. The van der Waals surface area contributed by atoms with Crippen LogP contribution < -0.4 is 0 Å². The highest BCUT2D eigenvalue weighted by Gasteiger charge is 1.47. The molecule has 0 saturated carbocycles. The summed E-state index contributed by atoms with van der Waals surface area (Å²) in [6.07, 6.45) is 1.15. The fraction of sp³-hybridized carbons (Fsp3) is 0. The van der Waals surface area contributed by atoms with Gasteiger partial charge in [0.15, 0.2) is 6.26 Å². The second-order valence-electron chi connectivity index (χ2n) is 0.411. The van der Waals surface area contributed by atoms with Crippen LogP contribution in [0, 0.1) is 0 Å². The lowest BCUT2D eigenvalue weighted by molar-refractivity contribution is 0.539. The van der Waals surface area contributed by atoms with Crippen LogP contribution in [0.25, 0.3) is 0 Å². The Morgan fingerprint density at radius 2 is 2.60 bits per heavy atom. The first kappa shape index (κ1) is 4.61. The molecule has 0 unspecified atom stereocenters. The maximum Gasteiger partial charge on any atom is 0.152 e. The Hall–Kier alpha value is -0.390. The van der Waals surface area contributed by atoms with Crippen molar-refractivity contribution in [3.8, 4) is 0 Å². The monoisotopic (exact) mass is 90.0 g/mol. The average Bonchev–Trinajstić information content (AvgIpc) is 1.41. The quantitative estimate of drug-likeness (QED) is 0.350. The molecule has 5 heavy (non-hydrogen) atoms. The number of hydrogen-bond acceptors (Lipinski definition) is 1. The zero-order chi connectivity index (χ0) is 4.12. The van der Waals surface area contributed by atoms with E-state index in [1.54, 1.807) is 0 Å².